The largest absolute Gasteiger partial charge is 0.460 e. The molecule has 0 unspecified atom stereocenters. The summed E-state index contributed by atoms with van der Waals surface area (Å²) in [6.07, 6.45) is -0.901. The monoisotopic (exact) mass is 752 g/mol. The van der Waals surface area contributed by atoms with E-state index in [1.165, 1.54) is 76.5 Å². The maximum absolute atomic E-state index is 13.5. The molecule has 2 aromatic carbocycles. The second-order valence-electron chi connectivity index (χ2n) is 12.4. The lowest BCUT2D eigenvalue weighted by Gasteiger charge is -2.46. The van der Waals surface area contributed by atoms with Crippen LogP contribution in [0.3, 0.4) is 0 Å². The van der Waals surface area contributed by atoms with E-state index in [9.17, 15) is 44.5 Å². The van der Waals surface area contributed by atoms with Crippen molar-refractivity contribution in [2.24, 2.45) is 11.8 Å². The highest BCUT2D eigenvalue weighted by Gasteiger charge is 2.60. The van der Waals surface area contributed by atoms with Gasteiger partial charge in [-0.3, -0.25) is 34.6 Å². The predicted octanol–water partition coefficient (Wildman–Crippen LogP) is 3.17. The molecule has 3 aliphatic rings. The standard InChI is InChI=1S/C33H32N6O11S2/c1-17-27-26(18(2)40)31(43)37(27)28(32(44)50-15-20-5-9-22(10-6-20)39(47)48)29(17)52-23-12-36(13-23)33-35-24(16-51-33)30(42)34-11-25(41)49-14-19-3-7-21(8-4-19)38(45)46/h3-10,16-18,23,26-27,40H,11-15H2,1-2H3,(H,34,42)/t17-,18-,26-,27-/m1/s1. The number of thioether (sulfide) groups is 1. The van der Waals surface area contributed by atoms with Gasteiger partial charge in [0.2, 0.25) is 5.91 Å². The van der Waals surface area contributed by atoms with Gasteiger partial charge in [-0.15, -0.1) is 23.1 Å². The Morgan fingerprint density at radius 3 is 2.15 bits per heavy atom. The number of amides is 2. The van der Waals surface area contributed by atoms with Crippen LogP contribution >= 0.6 is 23.1 Å². The van der Waals surface area contributed by atoms with E-state index < -0.39 is 52.3 Å². The molecule has 0 spiro atoms. The van der Waals surface area contributed by atoms with Gasteiger partial charge in [0.15, 0.2) is 5.13 Å². The summed E-state index contributed by atoms with van der Waals surface area (Å²) in [5, 5.41) is 36.7. The first-order chi connectivity index (χ1) is 24.8. The molecule has 17 nitrogen and oxygen atoms in total. The van der Waals surface area contributed by atoms with E-state index in [0.717, 1.165) is 0 Å². The molecule has 2 fully saturated rings. The summed E-state index contributed by atoms with van der Waals surface area (Å²) in [7, 11) is 0. The first-order valence-corrected chi connectivity index (χ1v) is 17.8. The minimum atomic E-state index is -0.901. The molecule has 4 heterocycles. The fourth-order valence-electron chi connectivity index (χ4n) is 6.13. The zero-order valence-corrected chi connectivity index (χ0v) is 29.3. The maximum atomic E-state index is 13.5. The van der Waals surface area contributed by atoms with E-state index >= 15 is 0 Å². The van der Waals surface area contributed by atoms with Crippen molar-refractivity contribution in [1.29, 1.82) is 0 Å². The van der Waals surface area contributed by atoms with Crippen LogP contribution in [0.2, 0.25) is 0 Å². The topological polar surface area (TPSA) is 225 Å². The molecule has 19 heteroatoms. The number of hydrogen-bond donors (Lipinski definition) is 2. The van der Waals surface area contributed by atoms with Crippen LogP contribution in [0.25, 0.3) is 0 Å². The molecule has 3 aromatic rings. The lowest BCUT2D eigenvalue weighted by molar-refractivity contribution is -0.385. The van der Waals surface area contributed by atoms with Crippen molar-refractivity contribution in [1.82, 2.24) is 15.2 Å². The highest BCUT2D eigenvalue weighted by molar-refractivity contribution is 8.03. The van der Waals surface area contributed by atoms with Gasteiger partial charge >= 0.3 is 11.9 Å². The van der Waals surface area contributed by atoms with E-state index in [0.29, 0.717) is 34.3 Å². The number of benzene rings is 2. The van der Waals surface area contributed by atoms with Gasteiger partial charge in [-0.1, -0.05) is 6.92 Å². The van der Waals surface area contributed by atoms with Gasteiger partial charge in [-0.05, 0) is 42.3 Å². The first-order valence-electron chi connectivity index (χ1n) is 16.0. The van der Waals surface area contributed by atoms with Crippen LogP contribution in [0.5, 0.6) is 0 Å². The van der Waals surface area contributed by atoms with Gasteiger partial charge in [0, 0.05) is 58.8 Å². The molecular weight excluding hydrogens is 721 g/mol. The van der Waals surface area contributed by atoms with Gasteiger partial charge in [-0.2, -0.15) is 0 Å². The molecule has 1 aromatic heterocycles. The van der Waals surface area contributed by atoms with E-state index in [1.54, 1.807) is 12.3 Å². The van der Waals surface area contributed by atoms with Crippen LogP contribution < -0.4 is 10.2 Å². The normalized spacial score (nSPS) is 20.1. The number of aliphatic hydroxyl groups is 1. The summed E-state index contributed by atoms with van der Waals surface area (Å²) < 4.78 is 10.7. The average Bonchev–Trinajstić information content (AvgIpc) is 3.67. The van der Waals surface area contributed by atoms with Crippen molar-refractivity contribution in [3.63, 3.8) is 0 Å². The number of β-lactam (4-membered cyclic amide) rings is 1. The third-order valence-corrected chi connectivity index (χ3v) is 11.2. The molecule has 2 N–H and O–H groups in total. The number of nitro groups is 2. The summed E-state index contributed by atoms with van der Waals surface area (Å²) in [5.41, 5.74) is 1.18. The Hall–Kier alpha value is -5.40. The molecule has 0 saturated carbocycles. The molecule has 4 atom stereocenters. The van der Waals surface area contributed by atoms with Crippen LogP contribution in [0, 0.1) is 32.1 Å². The average molecular weight is 753 g/mol. The fourth-order valence-corrected chi connectivity index (χ4v) is 8.48. The van der Waals surface area contributed by atoms with Crippen molar-refractivity contribution >= 4 is 63.4 Å². The SMILES string of the molecule is C[C@@H](O)[C@H]1C(=O)N2C(C(=O)OCc3ccc([N+](=O)[O-])cc3)=C(SC3CN(c4nc(C(=O)NCC(=O)OCc5ccc([N+](=O)[O-])cc5)cs4)C3)[C@H](C)[C@H]12. The predicted molar refractivity (Wildman–Crippen MR) is 186 cm³/mol. The molecule has 0 bridgehead atoms. The number of anilines is 1. The number of fused-ring (bicyclic) bond motifs is 1. The Morgan fingerprint density at radius 1 is 1.02 bits per heavy atom. The first kappa shape index (κ1) is 36.4. The molecule has 3 aliphatic heterocycles. The molecular formula is C33H32N6O11S2. The molecule has 52 heavy (non-hydrogen) atoms. The number of nitrogens with one attached hydrogen (secondary N) is 1. The quantitative estimate of drug-likeness (QED) is 0.104. The van der Waals surface area contributed by atoms with Crippen LogP contribution in [0.4, 0.5) is 16.5 Å². The number of rotatable bonds is 14. The lowest BCUT2D eigenvalue weighted by atomic mass is 9.79. The van der Waals surface area contributed by atoms with E-state index in [4.69, 9.17) is 9.47 Å². The lowest BCUT2D eigenvalue weighted by Crippen LogP contribution is -2.63. The smallest absolute Gasteiger partial charge is 0.356 e. The molecule has 0 aliphatic carbocycles. The minimum absolute atomic E-state index is 0.0143. The number of thiazole rings is 1. The number of non-ortho nitro benzene ring substituents is 2. The third-order valence-electron chi connectivity index (χ3n) is 8.90. The summed E-state index contributed by atoms with van der Waals surface area (Å²) in [6, 6.07) is 10.8. The molecule has 272 valence electrons. The van der Waals surface area contributed by atoms with Crippen molar-refractivity contribution in [2.75, 3.05) is 24.5 Å². The maximum Gasteiger partial charge on any atom is 0.356 e. The van der Waals surface area contributed by atoms with Gasteiger partial charge in [-0.25, -0.2) is 9.78 Å². The number of carbonyl (C=O) groups is 4. The van der Waals surface area contributed by atoms with Gasteiger partial charge in [0.1, 0.15) is 31.1 Å². The number of ether oxygens (including phenoxy) is 2. The van der Waals surface area contributed by atoms with Crippen LogP contribution in [-0.2, 0) is 37.1 Å². The highest BCUT2D eigenvalue weighted by atomic mass is 32.2. The number of carbonyl (C=O) groups excluding carboxylic acids is 4. The summed E-state index contributed by atoms with van der Waals surface area (Å²) >= 11 is 2.71. The number of hydrogen-bond acceptors (Lipinski definition) is 15. The van der Waals surface area contributed by atoms with Crippen LogP contribution in [0.1, 0.15) is 35.5 Å². The second-order valence-corrected chi connectivity index (χ2v) is 14.6. The summed E-state index contributed by atoms with van der Waals surface area (Å²) in [5.74, 6) is -3.21. The van der Waals surface area contributed by atoms with Crippen LogP contribution in [-0.4, -0.2) is 85.6 Å². The number of nitrogens with zero attached hydrogens (tertiary/aromatic N) is 5. The van der Waals surface area contributed by atoms with E-state index in [1.807, 2.05) is 11.8 Å². The number of nitro benzene ring substituents is 2. The Kier molecular flexibility index (Phi) is 10.5. The second kappa shape index (κ2) is 15.1. The fraction of sp³-hybridized carbons (Fsp3) is 0.364. The van der Waals surface area contributed by atoms with Crippen LogP contribution in [0.15, 0.2) is 64.5 Å². The number of aromatic nitrogens is 1. The molecule has 2 amide bonds. The van der Waals surface area contributed by atoms with Crippen molar-refractivity contribution in [3.8, 4) is 0 Å². The van der Waals surface area contributed by atoms with Gasteiger partial charge in [0.05, 0.1) is 27.9 Å². The summed E-state index contributed by atoms with van der Waals surface area (Å²) in [6.45, 7) is 3.86. The Morgan fingerprint density at radius 2 is 1.60 bits per heavy atom. The molecule has 6 rings (SSSR count). The van der Waals surface area contributed by atoms with Gasteiger partial charge < -0.3 is 29.7 Å². The number of aliphatic hydroxyl groups excluding tert-OH is 1. The van der Waals surface area contributed by atoms with Crippen molar-refractivity contribution in [3.05, 3.63) is 102 Å². The molecule has 0 radical (unpaired) electrons. The zero-order chi connectivity index (χ0) is 37.3. The Labute approximate surface area is 303 Å². The Balaban J connectivity index is 1.03. The van der Waals surface area contributed by atoms with Crippen molar-refractivity contribution < 1.29 is 43.6 Å². The highest BCUT2D eigenvalue weighted by Crippen LogP contribution is 2.52. The van der Waals surface area contributed by atoms with Gasteiger partial charge in [0.25, 0.3) is 17.3 Å². The van der Waals surface area contributed by atoms with E-state index in [-0.39, 0.29) is 53.1 Å². The number of esters is 2. The zero-order valence-electron chi connectivity index (χ0n) is 27.7. The van der Waals surface area contributed by atoms with Crippen molar-refractivity contribution in [2.45, 2.75) is 44.5 Å². The molecule has 2 saturated heterocycles. The minimum Gasteiger partial charge on any atom is -0.460 e. The Bertz CT molecular complexity index is 1940. The third kappa shape index (κ3) is 7.46. The summed E-state index contributed by atoms with van der Waals surface area (Å²) in [4.78, 5) is 80.5. The van der Waals surface area contributed by atoms with E-state index in [2.05, 4.69) is 10.3 Å².